The first kappa shape index (κ1) is 20.9. The van der Waals surface area contributed by atoms with Gasteiger partial charge in [0.2, 0.25) is 0 Å². The molecule has 0 fully saturated rings. The highest BCUT2D eigenvalue weighted by Crippen LogP contribution is 2.26. The average molecular weight is 426 g/mol. The minimum absolute atomic E-state index is 0.202. The molecule has 8 nitrogen and oxygen atoms in total. The molecule has 4 aromatic rings. The highest BCUT2D eigenvalue weighted by atomic mass is 16.5. The quantitative estimate of drug-likeness (QED) is 0.453. The van der Waals surface area contributed by atoms with Crippen molar-refractivity contribution in [3.05, 3.63) is 96.0 Å². The number of pyridine rings is 2. The summed E-state index contributed by atoms with van der Waals surface area (Å²) in [7, 11) is 0. The van der Waals surface area contributed by atoms with Crippen LogP contribution in [0.2, 0.25) is 0 Å². The van der Waals surface area contributed by atoms with Gasteiger partial charge >= 0.3 is 0 Å². The number of hydrogen-bond donors (Lipinski definition) is 2. The van der Waals surface area contributed by atoms with E-state index in [0.29, 0.717) is 35.1 Å². The van der Waals surface area contributed by atoms with Crippen LogP contribution in [0.3, 0.4) is 0 Å². The van der Waals surface area contributed by atoms with Crippen LogP contribution in [0.1, 0.15) is 27.4 Å². The number of nitrogens with one attached hydrogen (secondary N) is 2. The molecular formula is C24H22N6O2. The van der Waals surface area contributed by atoms with Crippen molar-refractivity contribution in [3.8, 4) is 11.5 Å². The van der Waals surface area contributed by atoms with E-state index in [1.807, 2.05) is 32.0 Å². The molecule has 3 aromatic heterocycles. The van der Waals surface area contributed by atoms with Crippen molar-refractivity contribution in [2.45, 2.75) is 20.4 Å². The van der Waals surface area contributed by atoms with Crippen LogP contribution < -0.4 is 15.4 Å². The van der Waals surface area contributed by atoms with Gasteiger partial charge in [-0.1, -0.05) is 6.07 Å². The highest BCUT2D eigenvalue weighted by Gasteiger charge is 2.08. The molecule has 0 aliphatic carbocycles. The Hall–Kier alpha value is -4.33. The summed E-state index contributed by atoms with van der Waals surface area (Å²) >= 11 is 0. The lowest BCUT2D eigenvalue weighted by atomic mass is 10.2. The third-order valence-electron chi connectivity index (χ3n) is 4.58. The van der Waals surface area contributed by atoms with E-state index in [2.05, 4.69) is 30.6 Å². The Morgan fingerprint density at radius 1 is 1.00 bits per heavy atom. The maximum Gasteiger partial charge on any atom is 0.251 e. The highest BCUT2D eigenvalue weighted by molar-refractivity contribution is 5.95. The molecule has 1 amide bonds. The predicted molar refractivity (Wildman–Crippen MR) is 121 cm³/mol. The Morgan fingerprint density at radius 2 is 1.91 bits per heavy atom. The van der Waals surface area contributed by atoms with Crippen molar-refractivity contribution in [2.75, 3.05) is 5.32 Å². The summed E-state index contributed by atoms with van der Waals surface area (Å²) in [4.78, 5) is 29.4. The number of ether oxygens (including phenoxy) is 1. The van der Waals surface area contributed by atoms with Crippen molar-refractivity contribution < 1.29 is 9.53 Å². The molecule has 0 saturated carbocycles. The molecule has 160 valence electrons. The number of hydrogen-bond acceptors (Lipinski definition) is 7. The SMILES string of the molecule is Cc1ccc(Oc2ccnc(Nc3cccc(C(=O)NCc4cnccn4)c3)c2)c(C)n1. The van der Waals surface area contributed by atoms with Crippen molar-refractivity contribution >= 4 is 17.4 Å². The van der Waals surface area contributed by atoms with Gasteiger partial charge in [-0.2, -0.15) is 0 Å². The van der Waals surface area contributed by atoms with Crippen molar-refractivity contribution in [1.82, 2.24) is 25.3 Å². The number of benzene rings is 1. The number of carbonyl (C=O) groups excluding carboxylic acids is 1. The summed E-state index contributed by atoms with van der Waals surface area (Å²) in [5.74, 6) is 1.72. The van der Waals surface area contributed by atoms with E-state index in [0.717, 1.165) is 17.1 Å². The van der Waals surface area contributed by atoms with E-state index in [4.69, 9.17) is 4.74 Å². The Kier molecular flexibility index (Phi) is 6.31. The van der Waals surface area contributed by atoms with Gasteiger partial charge in [-0.3, -0.25) is 19.7 Å². The van der Waals surface area contributed by atoms with Crippen LogP contribution in [-0.2, 0) is 6.54 Å². The van der Waals surface area contributed by atoms with Gasteiger partial charge in [0.1, 0.15) is 17.3 Å². The normalized spacial score (nSPS) is 10.4. The molecule has 0 aliphatic rings. The van der Waals surface area contributed by atoms with Crippen LogP contribution in [0.25, 0.3) is 0 Å². The lowest BCUT2D eigenvalue weighted by Gasteiger charge is -2.11. The molecule has 3 heterocycles. The summed E-state index contributed by atoms with van der Waals surface area (Å²) in [5.41, 5.74) is 3.70. The smallest absolute Gasteiger partial charge is 0.251 e. The number of rotatable bonds is 7. The molecule has 0 atom stereocenters. The van der Waals surface area contributed by atoms with Crippen molar-refractivity contribution in [3.63, 3.8) is 0 Å². The molecule has 0 aliphatic heterocycles. The van der Waals surface area contributed by atoms with Crippen LogP contribution in [-0.4, -0.2) is 25.8 Å². The average Bonchev–Trinajstić information content (AvgIpc) is 2.80. The molecule has 0 bridgehead atoms. The third kappa shape index (κ3) is 5.42. The van der Waals surface area contributed by atoms with E-state index < -0.39 is 0 Å². The molecule has 8 heteroatoms. The maximum atomic E-state index is 12.5. The van der Waals surface area contributed by atoms with E-state index in [-0.39, 0.29) is 5.91 Å². The fraction of sp³-hybridized carbons (Fsp3) is 0.125. The van der Waals surface area contributed by atoms with E-state index in [9.17, 15) is 4.79 Å². The van der Waals surface area contributed by atoms with Crippen LogP contribution in [0.4, 0.5) is 11.5 Å². The van der Waals surface area contributed by atoms with Gasteiger partial charge in [-0.05, 0) is 50.2 Å². The third-order valence-corrected chi connectivity index (χ3v) is 4.58. The predicted octanol–water partition coefficient (Wildman–Crippen LogP) is 4.35. The van der Waals surface area contributed by atoms with Gasteiger partial charge < -0.3 is 15.4 Å². The fourth-order valence-corrected chi connectivity index (χ4v) is 3.03. The molecule has 32 heavy (non-hydrogen) atoms. The van der Waals surface area contributed by atoms with Crippen molar-refractivity contribution in [1.29, 1.82) is 0 Å². The largest absolute Gasteiger partial charge is 0.455 e. The Balaban J connectivity index is 1.43. The number of anilines is 2. The van der Waals surface area contributed by atoms with Gasteiger partial charge in [0.05, 0.1) is 24.1 Å². The first-order chi connectivity index (χ1) is 15.6. The molecule has 0 saturated heterocycles. The molecule has 2 N–H and O–H groups in total. The zero-order valence-electron chi connectivity index (χ0n) is 17.7. The van der Waals surface area contributed by atoms with Gasteiger partial charge in [0.15, 0.2) is 0 Å². The summed E-state index contributed by atoms with van der Waals surface area (Å²) in [6.45, 7) is 4.15. The molecule has 0 unspecified atom stereocenters. The summed E-state index contributed by atoms with van der Waals surface area (Å²) in [6.07, 6.45) is 6.46. The van der Waals surface area contributed by atoms with E-state index in [1.54, 1.807) is 55.1 Å². The molecular weight excluding hydrogens is 404 g/mol. The number of amides is 1. The second-order valence-corrected chi connectivity index (χ2v) is 7.10. The van der Waals surface area contributed by atoms with Crippen LogP contribution in [0, 0.1) is 13.8 Å². The van der Waals surface area contributed by atoms with Gasteiger partial charge in [-0.15, -0.1) is 0 Å². The second-order valence-electron chi connectivity index (χ2n) is 7.10. The number of aromatic nitrogens is 4. The number of carbonyl (C=O) groups is 1. The van der Waals surface area contributed by atoms with E-state index >= 15 is 0 Å². The van der Waals surface area contributed by atoms with Gasteiger partial charge in [0.25, 0.3) is 5.91 Å². The zero-order valence-corrected chi connectivity index (χ0v) is 17.7. The first-order valence-electron chi connectivity index (χ1n) is 10.1. The minimum atomic E-state index is -0.202. The summed E-state index contributed by atoms with van der Waals surface area (Å²) < 4.78 is 5.96. The summed E-state index contributed by atoms with van der Waals surface area (Å²) in [6, 6.07) is 14.6. The lowest BCUT2D eigenvalue weighted by Crippen LogP contribution is -2.23. The lowest BCUT2D eigenvalue weighted by molar-refractivity contribution is 0.0950. The van der Waals surface area contributed by atoms with Crippen LogP contribution in [0.5, 0.6) is 11.5 Å². The topological polar surface area (TPSA) is 102 Å². The standard InChI is InChI=1S/C24H22N6O2/c1-16-6-7-22(17(2)29-16)32-21-8-9-27-23(13-21)30-19-5-3-4-18(12-19)24(31)28-15-20-14-25-10-11-26-20/h3-14H,15H2,1-2H3,(H,27,30)(H,28,31). The molecule has 4 rings (SSSR count). The Morgan fingerprint density at radius 3 is 2.72 bits per heavy atom. The van der Waals surface area contributed by atoms with Crippen LogP contribution in [0.15, 0.2) is 73.3 Å². The fourth-order valence-electron chi connectivity index (χ4n) is 3.03. The molecule has 0 spiro atoms. The van der Waals surface area contributed by atoms with Crippen LogP contribution >= 0.6 is 0 Å². The first-order valence-corrected chi connectivity index (χ1v) is 10.1. The maximum absolute atomic E-state index is 12.5. The summed E-state index contributed by atoms with van der Waals surface area (Å²) in [5, 5.41) is 6.05. The van der Waals surface area contributed by atoms with E-state index in [1.165, 1.54) is 0 Å². The van der Waals surface area contributed by atoms with Gasteiger partial charge in [-0.25, -0.2) is 4.98 Å². The van der Waals surface area contributed by atoms with Gasteiger partial charge in [0, 0.05) is 41.6 Å². The minimum Gasteiger partial charge on any atom is -0.455 e. The monoisotopic (exact) mass is 426 g/mol. The Labute approximate surface area is 185 Å². The number of aryl methyl sites for hydroxylation is 2. The van der Waals surface area contributed by atoms with Crippen molar-refractivity contribution in [2.24, 2.45) is 0 Å². The second kappa shape index (κ2) is 9.65. The Bertz CT molecular complexity index is 1230. The molecule has 0 radical (unpaired) electrons. The number of nitrogens with zero attached hydrogens (tertiary/aromatic N) is 4. The molecule has 1 aromatic carbocycles. The zero-order chi connectivity index (χ0) is 22.3.